The first-order valence-electron chi connectivity index (χ1n) is 9.49. The van der Waals surface area contributed by atoms with Crippen molar-refractivity contribution in [3.63, 3.8) is 0 Å². The van der Waals surface area contributed by atoms with Crippen molar-refractivity contribution in [2.45, 2.75) is 25.3 Å². The number of rotatable bonds is 3. The molecule has 0 radical (unpaired) electrons. The zero-order chi connectivity index (χ0) is 19.9. The van der Waals surface area contributed by atoms with Gasteiger partial charge >= 0.3 is 6.03 Å². The van der Waals surface area contributed by atoms with Gasteiger partial charge in [-0.05, 0) is 42.7 Å². The van der Waals surface area contributed by atoms with Crippen LogP contribution in [0.2, 0.25) is 0 Å². The molecule has 2 heterocycles. The van der Waals surface area contributed by atoms with Crippen LogP contribution in [-0.2, 0) is 16.8 Å². The molecule has 0 bridgehead atoms. The lowest BCUT2D eigenvalue weighted by atomic mass is 9.81. The first kappa shape index (κ1) is 18.3. The molecule has 1 atom stereocenters. The molecule has 2 aliphatic heterocycles. The molecule has 1 saturated heterocycles. The molecule has 1 N–H and O–H groups in total. The van der Waals surface area contributed by atoms with Gasteiger partial charge in [-0.25, -0.2) is 4.79 Å². The van der Waals surface area contributed by atoms with Crippen molar-refractivity contribution in [2.75, 3.05) is 32.1 Å². The van der Waals surface area contributed by atoms with Crippen LogP contribution < -0.4 is 15.0 Å². The number of aryl methyl sites for hydroxylation is 1. The predicted octanol–water partition coefficient (Wildman–Crippen LogP) is 2.83. The summed E-state index contributed by atoms with van der Waals surface area (Å²) in [6.45, 7) is 3.45. The Hall–Kier alpha value is -3.02. The van der Waals surface area contributed by atoms with Crippen LogP contribution in [0.15, 0.2) is 42.5 Å². The highest BCUT2D eigenvalue weighted by molar-refractivity contribution is 6.08. The van der Waals surface area contributed by atoms with Crippen LogP contribution >= 0.6 is 0 Å². The average molecular weight is 379 g/mol. The molecule has 1 fully saturated rings. The van der Waals surface area contributed by atoms with E-state index in [0.717, 1.165) is 22.6 Å². The monoisotopic (exact) mass is 379 g/mol. The number of ether oxygens (including phenoxy) is 1. The molecule has 4 rings (SSSR count). The van der Waals surface area contributed by atoms with Crippen molar-refractivity contribution >= 4 is 17.6 Å². The predicted molar refractivity (Wildman–Crippen MR) is 108 cm³/mol. The van der Waals surface area contributed by atoms with Crippen molar-refractivity contribution in [1.82, 2.24) is 10.2 Å². The Kier molecular flexibility index (Phi) is 4.49. The highest BCUT2D eigenvalue weighted by atomic mass is 16.5. The Bertz CT molecular complexity index is 925. The third-order valence-corrected chi connectivity index (χ3v) is 5.92. The van der Waals surface area contributed by atoms with E-state index in [-0.39, 0.29) is 11.9 Å². The van der Waals surface area contributed by atoms with Crippen molar-refractivity contribution in [2.24, 2.45) is 0 Å². The molecule has 0 aliphatic carbocycles. The second-order valence-electron chi connectivity index (χ2n) is 7.65. The van der Waals surface area contributed by atoms with E-state index in [1.807, 2.05) is 49.4 Å². The van der Waals surface area contributed by atoms with Gasteiger partial charge in [-0.3, -0.25) is 4.79 Å². The van der Waals surface area contributed by atoms with E-state index in [9.17, 15) is 9.59 Å². The van der Waals surface area contributed by atoms with E-state index in [0.29, 0.717) is 26.1 Å². The van der Waals surface area contributed by atoms with Gasteiger partial charge in [0, 0.05) is 32.4 Å². The lowest BCUT2D eigenvalue weighted by Gasteiger charge is -2.24. The number of urea groups is 1. The van der Waals surface area contributed by atoms with E-state index >= 15 is 0 Å². The normalized spacial score (nSPS) is 20.6. The maximum absolute atomic E-state index is 13.1. The smallest absolute Gasteiger partial charge is 0.317 e. The fraction of sp³-hybridized carbons (Fsp3) is 0.364. The number of hydrogen-bond donors (Lipinski definition) is 1. The Balaban J connectivity index is 1.51. The Morgan fingerprint density at radius 2 is 1.96 bits per heavy atom. The number of methoxy groups -OCH3 is 1. The molecule has 2 aromatic carbocycles. The molecule has 6 nitrogen and oxygen atoms in total. The first-order chi connectivity index (χ1) is 13.4. The van der Waals surface area contributed by atoms with Crippen LogP contribution in [0.3, 0.4) is 0 Å². The van der Waals surface area contributed by atoms with Crippen LogP contribution in [0.4, 0.5) is 10.5 Å². The van der Waals surface area contributed by atoms with Gasteiger partial charge in [0.2, 0.25) is 5.91 Å². The number of anilines is 1. The van der Waals surface area contributed by atoms with E-state index in [1.54, 1.807) is 24.0 Å². The van der Waals surface area contributed by atoms with Crippen LogP contribution in [0, 0.1) is 6.92 Å². The lowest BCUT2D eigenvalue weighted by molar-refractivity contribution is -0.122. The largest absolute Gasteiger partial charge is 0.497 e. The molecule has 28 heavy (non-hydrogen) atoms. The second-order valence-corrected chi connectivity index (χ2v) is 7.65. The molecule has 2 aromatic rings. The maximum Gasteiger partial charge on any atom is 0.317 e. The highest BCUT2D eigenvalue weighted by Gasteiger charge is 2.54. The van der Waals surface area contributed by atoms with E-state index in [2.05, 4.69) is 5.32 Å². The van der Waals surface area contributed by atoms with Crippen molar-refractivity contribution in [3.05, 3.63) is 59.2 Å². The van der Waals surface area contributed by atoms with E-state index < -0.39 is 5.41 Å². The molecule has 0 unspecified atom stereocenters. The molecule has 3 amide bonds. The summed E-state index contributed by atoms with van der Waals surface area (Å²) in [7, 11) is 3.41. The van der Waals surface area contributed by atoms with Gasteiger partial charge in [0.25, 0.3) is 0 Å². The van der Waals surface area contributed by atoms with Crippen LogP contribution in [0.1, 0.15) is 23.1 Å². The third kappa shape index (κ3) is 2.89. The molecule has 2 aliphatic rings. The fourth-order valence-electron chi connectivity index (χ4n) is 4.24. The molecule has 0 aromatic heterocycles. The van der Waals surface area contributed by atoms with Crippen molar-refractivity contribution in [3.8, 4) is 5.75 Å². The zero-order valence-electron chi connectivity index (χ0n) is 16.5. The van der Waals surface area contributed by atoms with Gasteiger partial charge in [0.15, 0.2) is 0 Å². The number of carbonyl (C=O) groups is 2. The first-order valence-corrected chi connectivity index (χ1v) is 9.49. The average Bonchev–Trinajstić information content (AvgIpc) is 3.25. The summed E-state index contributed by atoms with van der Waals surface area (Å²) < 4.78 is 5.36. The molecule has 1 spiro atoms. The van der Waals surface area contributed by atoms with Crippen LogP contribution in [0.25, 0.3) is 0 Å². The maximum atomic E-state index is 13.1. The van der Waals surface area contributed by atoms with Gasteiger partial charge in [-0.2, -0.15) is 0 Å². The number of carbonyl (C=O) groups excluding carboxylic acids is 2. The Morgan fingerprint density at radius 1 is 1.21 bits per heavy atom. The number of hydrogen-bond acceptors (Lipinski definition) is 3. The highest BCUT2D eigenvalue weighted by Crippen LogP contribution is 2.47. The molecular formula is C22H25N3O3. The van der Waals surface area contributed by atoms with Crippen LogP contribution in [0.5, 0.6) is 5.75 Å². The number of likely N-dealkylation sites (N-methyl/N-ethyl adjacent to an activating group) is 1. The van der Waals surface area contributed by atoms with E-state index in [1.165, 1.54) is 5.56 Å². The minimum atomic E-state index is -0.681. The number of nitrogens with one attached hydrogen (secondary N) is 1. The Labute approximate surface area is 165 Å². The summed E-state index contributed by atoms with van der Waals surface area (Å²) >= 11 is 0. The summed E-state index contributed by atoms with van der Waals surface area (Å²) in [5, 5.41) is 2.98. The standard InChI is InChI=1S/C22H25N3O3/c1-15-4-6-16(7-5-15)13-23-21(27)25-11-10-22(14-25)18-12-17(28-3)8-9-19(18)24(2)20(22)26/h4-9,12H,10-11,13-14H2,1-3H3,(H,23,27)/t22-/m0/s1. The molecule has 146 valence electrons. The van der Waals surface area contributed by atoms with Crippen molar-refractivity contribution < 1.29 is 14.3 Å². The van der Waals surface area contributed by atoms with Crippen molar-refractivity contribution in [1.29, 1.82) is 0 Å². The summed E-state index contributed by atoms with van der Waals surface area (Å²) in [6.07, 6.45) is 0.619. The van der Waals surface area contributed by atoms with E-state index in [4.69, 9.17) is 4.74 Å². The Morgan fingerprint density at radius 3 is 2.68 bits per heavy atom. The topological polar surface area (TPSA) is 61.9 Å². The number of nitrogens with zero attached hydrogens (tertiary/aromatic N) is 2. The lowest BCUT2D eigenvalue weighted by Crippen LogP contribution is -2.44. The molecular weight excluding hydrogens is 354 g/mol. The number of fused-ring (bicyclic) bond motifs is 2. The van der Waals surface area contributed by atoms with Gasteiger partial charge < -0.3 is 19.9 Å². The third-order valence-electron chi connectivity index (χ3n) is 5.92. The van der Waals surface area contributed by atoms with Gasteiger partial charge in [-0.1, -0.05) is 29.8 Å². The summed E-state index contributed by atoms with van der Waals surface area (Å²) in [4.78, 5) is 29.2. The molecule has 0 saturated carbocycles. The number of likely N-dealkylation sites (tertiary alicyclic amines) is 1. The summed E-state index contributed by atoms with van der Waals surface area (Å²) in [5.41, 5.74) is 3.41. The van der Waals surface area contributed by atoms with Gasteiger partial charge in [0.05, 0.1) is 12.5 Å². The number of amides is 3. The van der Waals surface area contributed by atoms with Crippen LogP contribution in [-0.4, -0.2) is 44.1 Å². The number of benzene rings is 2. The SMILES string of the molecule is COc1ccc2c(c1)[C@@]1(CCN(C(=O)NCc3ccc(C)cc3)C1)C(=O)N2C. The quantitative estimate of drug-likeness (QED) is 0.892. The zero-order valence-corrected chi connectivity index (χ0v) is 16.5. The minimum absolute atomic E-state index is 0.0459. The molecule has 6 heteroatoms. The fourth-order valence-corrected chi connectivity index (χ4v) is 4.24. The summed E-state index contributed by atoms with van der Waals surface area (Å²) in [5.74, 6) is 0.771. The summed E-state index contributed by atoms with van der Waals surface area (Å²) in [6, 6.07) is 13.7. The van der Waals surface area contributed by atoms with Gasteiger partial charge in [-0.15, -0.1) is 0 Å². The second kappa shape index (κ2) is 6.86. The minimum Gasteiger partial charge on any atom is -0.497 e. The van der Waals surface area contributed by atoms with Gasteiger partial charge in [0.1, 0.15) is 5.75 Å².